The number of nitrogens with zero attached hydrogens (tertiary/aromatic N) is 1. The fourth-order valence-corrected chi connectivity index (χ4v) is 1.75. The summed E-state index contributed by atoms with van der Waals surface area (Å²) in [6, 6.07) is 4.49. The van der Waals surface area contributed by atoms with E-state index < -0.39 is 5.82 Å². The number of nitrogen functional groups attached to an aromatic ring is 1. The van der Waals surface area contributed by atoms with Crippen LogP contribution in [0.25, 0.3) is 11.3 Å². The summed E-state index contributed by atoms with van der Waals surface area (Å²) >= 11 is 1.96. The fourth-order valence-electron chi connectivity index (χ4n) is 1.27. The zero-order valence-corrected chi connectivity index (χ0v) is 10.5. The number of halogens is 2. The molecule has 6 heteroatoms. The molecule has 0 spiro atoms. The molecule has 0 aliphatic carbocycles. The topological polar surface area (TPSA) is 61.3 Å². The number of anilines is 1. The van der Waals surface area contributed by atoms with Gasteiger partial charge in [0, 0.05) is 6.07 Å². The summed E-state index contributed by atoms with van der Waals surface area (Å²) in [6.07, 6.45) is 0. The molecule has 0 aliphatic rings. The van der Waals surface area contributed by atoms with Crippen LogP contribution in [0.1, 0.15) is 0 Å². The lowest BCUT2D eigenvalue weighted by molar-refractivity contribution is 0.410. The molecule has 16 heavy (non-hydrogen) atoms. The summed E-state index contributed by atoms with van der Waals surface area (Å²) in [7, 11) is 1.48. The van der Waals surface area contributed by atoms with Crippen LogP contribution in [0.4, 0.5) is 10.2 Å². The monoisotopic (exact) mass is 334 g/mol. The van der Waals surface area contributed by atoms with Gasteiger partial charge in [-0.2, -0.15) is 0 Å². The summed E-state index contributed by atoms with van der Waals surface area (Å²) in [4.78, 5) is 0. The Kier molecular flexibility index (Phi) is 2.99. The molecule has 0 saturated heterocycles. The third-order valence-electron chi connectivity index (χ3n) is 2.08. The predicted octanol–water partition coefficient (Wildman–Crippen LogP) is 2.68. The van der Waals surface area contributed by atoms with Crippen molar-refractivity contribution in [1.82, 2.24) is 5.16 Å². The second-order valence-corrected chi connectivity index (χ2v) is 4.14. The number of hydrogen-bond acceptors (Lipinski definition) is 4. The lowest BCUT2D eigenvalue weighted by atomic mass is 10.1. The van der Waals surface area contributed by atoms with Crippen molar-refractivity contribution in [1.29, 1.82) is 0 Å². The van der Waals surface area contributed by atoms with Gasteiger partial charge in [-0.1, -0.05) is 5.16 Å². The molecule has 0 fully saturated rings. The van der Waals surface area contributed by atoms with Gasteiger partial charge in [0.15, 0.2) is 11.6 Å². The highest BCUT2D eigenvalue weighted by Gasteiger charge is 2.17. The first kappa shape index (κ1) is 11.2. The molecule has 2 aromatic rings. The molecule has 2 N–H and O–H groups in total. The maximum atomic E-state index is 13.7. The van der Waals surface area contributed by atoms with E-state index >= 15 is 0 Å². The van der Waals surface area contributed by atoms with E-state index in [9.17, 15) is 4.39 Å². The molecule has 84 valence electrons. The Bertz CT molecular complexity index is 528. The molecular weight excluding hydrogens is 326 g/mol. The molecular formula is C10H8FIN2O2. The Hall–Kier alpha value is -1.31. The number of benzene rings is 1. The van der Waals surface area contributed by atoms with Crippen LogP contribution in [0, 0.1) is 9.39 Å². The van der Waals surface area contributed by atoms with Crippen LogP contribution in [0.5, 0.6) is 5.75 Å². The maximum Gasteiger partial charge on any atom is 0.185 e. The average Bonchev–Trinajstić information content (AvgIpc) is 2.60. The van der Waals surface area contributed by atoms with Gasteiger partial charge in [0.25, 0.3) is 0 Å². The van der Waals surface area contributed by atoms with Crippen LogP contribution >= 0.6 is 22.6 Å². The number of nitrogens with two attached hydrogens (primary N) is 1. The van der Waals surface area contributed by atoms with Crippen molar-refractivity contribution in [3.8, 4) is 17.1 Å². The number of ether oxygens (including phenoxy) is 1. The van der Waals surface area contributed by atoms with Crippen molar-refractivity contribution < 1.29 is 13.7 Å². The van der Waals surface area contributed by atoms with E-state index in [-0.39, 0.29) is 5.82 Å². The Balaban J connectivity index is 2.52. The number of methoxy groups -OCH3 is 1. The molecule has 0 aliphatic heterocycles. The Labute approximate surface area is 105 Å². The summed E-state index contributed by atoms with van der Waals surface area (Å²) in [5.74, 6) is 0.598. The molecule has 1 aromatic carbocycles. The molecule has 2 rings (SSSR count). The van der Waals surface area contributed by atoms with Gasteiger partial charge in [-0.3, -0.25) is 0 Å². The van der Waals surface area contributed by atoms with Gasteiger partial charge in [0.1, 0.15) is 15.1 Å². The van der Waals surface area contributed by atoms with Gasteiger partial charge in [0.05, 0.1) is 12.7 Å². The Morgan fingerprint density at radius 2 is 2.25 bits per heavy atom. The van der Waals surface area contributed by atoms with Crippen molar-refractivity contribution in [2.24, 2.45) is 0 Å². The molecule has 0 radical (unpaired) electrons. The maximum absolute atomic E-state index is 13.7. The normalized spacial score (nSPS) is 10.4. The number of aromatic nitrogens is 1. The summed E-state index contributed by atoms with van der Waals surface area (Å²) < 4.78 is 24.2. The molecule has 0 unspecified atom stereocenters. The SMILES string of the molecule is COc1ccc(-c2onc(N)c2I)c(F)c1. The van der Waals surface area contributed by atoms with Gasteiger partial charge in [-0.15, -0.1) is 0 Å². The van der Waals surface area contributed by atoms with Crippen molar-refractivity contribution in [3.05, 3.63) is 27.6 Å². The van der Waals surface area contributed by atoms with E-state index in [1.54, 1.807) is 12.1 Å². The van der Waals surface area contributed by atoms with E-state index in [0.717, 1.165) is 0 Å². The largest absolute Gasteiger partial charge is 0.497 e. The van der Waals surface area contributed by atoms with Crippen LogP contribution in [0.2, 0.25) is 0 Å². The predicted molar refractivity (Wildman–Crippen MR) is 65.6 cm³/mol. The Morgan fingerprint density at radius 1 is 1.50 bits per heavy atom. The smallest absolute Gasteiger partial charge is 0.185 e. The van der Waals surface area contributed by atoms with Gasteiger partial charge in [0.2, 0.25) is 0 Å². The minimum Gasteiger partial charge on any atom is -0.497 e. The first-order chi connectivity index (χ1) is 7.63. The third kappa shape index (κ3) is 1.84. The van der Waals surface area contributed by atoms with E-state index in [2.05, 4.69) is 5.16 Å². The van der Waals surface area contributed by atoms with E-state index in [1.807, 2.05) is 22.6 Å². The van der Waals surface area contributed by atoms with E-state index in [0.29, 0.717) is 20.6 Å². The third-order valence-corrected chi connectivity index (χ3v) is 3.12. The van der Waals surface area contributed by atoms with Gasteiger partial charge in [-0.05, 0) is 34.7 Å². The van der Waals surface area contributed by atoms with Crippen LogP contribution in [-0.2, 0) is 0 Å². The summed E-state index contributed by atoms with van der Waals surface area (Å²) in [5, 5.41) is 3.57. The minimum atomic E-state index is -0.437. The first-order valence-electron chi connectivity index (χ1n) is 4.38. The first-order valence-corrected chi connectivity index (χ1v) is 5.46. The molecule has 0 bridgehead atoms. The summed E-state index contributed by atoms with van der Waals surface area (Å²) in [6.45, 7) is 0. The van der Waals surface area contributed by atoms with Crippen LogP contribution in [0.3, 0.4) is 0 Å². The highest BCUT2D eigenvalue weighted by atomic mass is 127. The van der Waals surface area contributed by atoms with Crippen molar-refractivity contribution in [2.75, 3.05) is 12.8 Å². The number of rotatable bonds is 2. The van der Waals surface area contributed by atoms with Gasteiger partial charge >= 0.3 is 0 Å². The summed E-state index contributed by atoms with van der Waals surface area (Å²) in [5.41, 5.74) is 5.84. The van der Waals surface area contributed by atoms with E-state index in [4.69, 9.17) is 15.0 Å². The zero-order valence-electron chi connectivity index (χ0n) is 8.33. The highest BCUT2D eigenvalue weighted by Crippen LogP contribution is 2.32. The van der Waals surface area contributed by atoms with Gasteiger partial charge in [-0.25, -0.2) is 4.39 Å². The Morgan fingerprint density at radius 3 is 2.75 bits per heavy atom. The number of hydrogen-bond donors (Lipinski definition) is 1. The van der Waals surface area contributed by atoms with Crippen LogP contribution in [-0.4, -0.2) is 12.3 Å². The molecule has 0 atom stereocenters. The molecule has 4 nitrogen and oxygen atoms in total. The zero-order chi connectivity index (χ0) is 11.7. The van der Waals surface area contributed by atoms with Crippen molar-refractivity contribution >= 4 is 28.4 Å². The van der Waals surface area contributed by atoms with Crippen molar-refractivity contribution in [2.45, 2.75) is 0 Å². The molecule has 0 saturated carbocycles. The molecule has 1 heterocycles. The highest BCUT2D eigenvalue weighted by molar-refractivity contribution is 14.1. The van der Waals surface area contributed by atoms with Crippen molar-refractivity contribution in [3.63, 3.8) is 0 Å². The molecule has 0 amide bonds. The van der Waals surface area contributed by atoms with E-state index in [1.165, 1.54) is 13.2 Å². The van der Waals surface area contributed by atoms with Crippen LogP contribution < -0.4 is 10.5 Å². The fraction of sp³-hybridized carbons (Fsp3) is 0.100. The lowest BCUT2D eigenvalue weighted by Crippen LogP contribution is -1.89. The lowest BCUT2D eigenvalue weighted by Gasteiger charge is -2.02. The van der Waals surface area contributed by atoms with Gasteiger partial charge < -0.3 is 15.0 Å². The average molecular weight is 334 g/mol. The molecule has 1 aromatic heterocycles. The standard InChI is InChI=1S/C10H8FIN2O2/c1-15-5-2-3-6(7(11)4-5)9-8(12)10(13)14-16-9/h2-4H,1H3,(H2,13,14). The second-order valence-electron chi connectivity index (χ2n) is 3.06. The quantitative estimate of drug-likeness (QED) is 0.858. The van der Waals surface area contributed by atoms with Crippen LogP contribution in [0.15, 0.2) is 22.7 Å². The second kappa shape index (κ2) is 4.28. The minimum absolute atomic E-state index is 0.255.